The predicted molar refractivity (Wildman–Crippen MR) is 131 cm³/mol. The summed E-state index contributed by atoms with van der Waals surface area (Å²) in [6.45, 7) is 4.93. The Morgan fingerprint density at radius 2 is 1.85 bits per heavy atom. The SMILES string of the molecule is CCOc1ccc(NC(=O)c2ccc(-c3cccc(C)c3)[nH]c2=O)cc1S(=O)(=O)N1CCCC1. The monoisotopic (exact) mass is 481 g/mol. The van der Waals surface area contributed by atoms with Crippen molar-refractivity contribution in [2.24, 2.45) is 0 Å². The van der Waals surface area contributed by atoms with E-state index in [-0.39, 0.29) is 21.9 Å². The van der Waals surface area contributed by atoms with Crippen LogP contribution in [-0.4, -0.2) is 43.3 Å². The molecule has 4 rings (SSSR count). The molecular weight excluding hydrogens is 454 g/mol. The van der Waals surface area contributed by atoms with Gasteiger partial charge in [-0.15, -0.1) is 0 Å². The van der Waals surface area contributed by atoms with Crippen molar-refractivity contribution in [3.8, 4) is 17.0 Å². The topological polar surface area (TPSA) is 109 Å². The third-order valence-electron chi connectivity index (χ3n) is 5.67. The van der Waals surface area contributed by atoms with Gasteiger partial charge in [-0.1, -0.05) is 23.8 Å². The summed E-state index contributed by atoms with van der Waals surface area (Å²) in [5.41, 5.74) is 2.14. The molecule has 9 heteroatoms. The lowest BCUT2D eigenvalue weighted by Crippen LogP contribution is -2.28. The Labute approximate surface area is 198 Å². The van der Waals surface area contributed by atoms with Crippen LogP contribution in [0.15, 0.2) is 64.3 Å². The van der Waals surface area contributed by atoms with Crippen molar-refractivity contribution in [2.75, 3.05) is 25.0 Å². The number of hydrogen-bond donors (Lipinski definition) is 2. The molecule has 1 fully saturated rings. The molecule has 1 aliphatic heterocycles. The van der Waals surface area contributed by atoms with E-state index in [4.69, 9.17) is 4.74 Å². The minimum atomic E-state index is -3.77. The number of H-pyrrole nitrogens is 1. The van der Waals surface area contributed by atoms with Gasteiger partial charge >= 0.3 is 0 Å². The average molecular weight is 482 g/mol. The molecule has 3 aromatic rings. The van der Waals surface area contributed by atoms with Crippen LogP contribution in [0.1, 0.15) is 35.7 Å². The first kappa shape index (κ1) is 23.7. The fraction of sp³-hybridized carbons (Fsp3) is 0.280. The van der Waals surface area contributed by atoms with Gasteiger partial charge in [0.25, 0.3) is 11.5 Å². The van der Waals surface area contributed by atoms with E-state index in [0.717, 1.165) is 24.0 Å². The molecule has 1 saturated heterocycles. The normalized spacial score (nSPS) is 14.2. The Morgan fingerprint density at radius 3 is 2.53 bits per heavy atom. The van der Waals surface area contributed by atoms with Gasteiger partial charge in [0, 0.05) is 24.5 Å². The number of carbonyl (C=O) groups excluding carboxylic acids is 1. The largest absolute Gasteiger partial charge is 0.492 e. The zero-order valence-electron chi connectivity index (χ0n) is 19.1. The number of aryl methyl sites for hydroxylation is 1. The molecule has 0 bridgehead atoms. The maximum atomic E-state index is 13.2. The van der Waals surface area contributed by atoms with Crippen LogP contribution in [0.3, 0.4) is 0 Å². The van der Waals surface area contributed by atoms with E-state index in [1.54, 1.807) is 19.1 Å². The number of rotatable bonds is 7. The number of nitrogens with zero attached hydrogens (tertiary/aromatic N) is 1. The van der Waals surface area contributed by atoms with E-state index in [9.17, 15) is 18.0 Å². The average Bonchev–Trinajstić information content (AvgIpc) is 3.36. The van der Waals surface area contributed by atoms with Gasteiger partial charge in [-0.05, 0) is 68.7 Å². The van der Waals surface area contributed by atoms with E-state index in [1.807, 2.05) is 31.2 Å². The molecule has 2 heterocycles. The van der Waals surface area contributed by atoms with E-state index in [0.29, 0.717) is 25.4 Å². The second-order valence-corrected chi connectivity index (χ2v) is 10.1. The number of hydrogen-bond acceptors (Lipinski definition) is 5. The summed E-state index contributed by atoms with van der Waals surface area (Å²) < 4.78 is 33.3. The molecule has 1 aromatic heterocycles. The zero-order valence-corrected chi connectivity index (χ0v) is 19.9. The maximum absolute atomic E-state index is 13.2. The van der Waals surface area contributed by atoms with Crippen molar-refractivity contribution >= 4 is 21.6 Å². The predicted octanol–water partition coefficient (Wildman–Crippen LogP) is 3.79. The number of benzene rings is 2. The number of nitrogens with one attached hydrogen (secondary N) is 2. The molecule has 1 amide bonds. The van der Waals surface area contributed by atoms with Crippen molar-refractivity contribution in [3.05, 3.63) is 76.1 Å². The molecule has 0 radical (unpaired) electrons. The Bertz CT molecular complexity index is 1380. The van der Waals surface area contributed by atoms with E-state index in [1.165, 1.54) is 22.5 Å². The number of amides is 1. The summed E-state index contributed by atoms with van der Waals surface area (Å²) in [5.74, 6) is -0.404. The summed E-state index contributed by atoms with van der Waals surface area (Å²) in [7, 11) is -3.77. The molecule has 0 saturated carbocycles. The number of ether oxygens (including phenoxy) is 1. The van der Waals surface area contributed by atoms with Gasteiger partial charge in [-0.25, -0.2) is 8.42 Å². The molecule has 178 valence electrons. The molecule has 0 unspecified atom stereocenters. The van der Waals surface area contributed by atoms with Crippen LogP contribution in [0.4, 0.5) is 5.69 Å². The second kappa shape index (κ2) is 9.82. The number of aromatic nitrogens is 1. The highest BCUT2D eigenvalue weighted by Gasteiger charge is 2.30. The van der Waals surface area contributed by atoms with Crippen molar-refractivity contribution < 1.29 is 17.9 Å². The highest BCUT2D eigenvalue weighted by Crippen LogP contribution is 2.31. The van der Waals surface area contributed by atoms with Gasteiger partial charge in [0.1, 0.15) is 16.2 Å². The minimum absolute atomic E-state index is 0.00208. The summed E-state index contributed by atoms with van der Waals surface area (Å²) >= 11 is 0. The van der Waals surface area contributed by atoms with Crippen LogP contribution in [0, 0.1) is 6.92 Å². The third kappa shape index (κ3) is 4.90. The molecular formula is C25H27N3O5S. The van der Waals surface area contributed by atoms with Crippen molar-refractivity contribution in [3.63, 3.8) is 0 Å². The zero-order chi connectivity index (χ0) is 24.3. The van der Waals surface area contributed by atoms with Crippen LogP contribution in [0.25, 0.3) is 11.3 Å². The summed E-state index contributed by atoms with van der Waals surface area (Å²) in [6, 6.07) is 15.3. The van der Waals surface area contributed by atoms with E-state index < -0.39 is 21.5 Å². The first-order valence-corrected chi connectivity index (χ1v) is 12.6. The highest BCUT2D eigenvalue weighted by atomic mass is 32.2. The van der Waals surface area contributed by atoms with Crippen LogP contribution in [-0.2, 0) is 10.0 Å². The van der Waals surface area contributed by atoms with Gasteiger partial charge in [0.2, 0.25) is 10.0 Å². The van der Waals surface area contributed by atoms with E-state index in [2.05, 4.69) is 10.3 Å². The Kier molecular flexibility index (Phi) is 6.85. The van der Waals surface area contributed by atoms with Crippen molar-refractivity contribution in [1.29, 1.82) is 0 Å². The Morgan fingerprint density at radius 1 is 1.09 bits per heavy atom. The van der Waals surface area contributed by atoms with E-state index >= 15 is 0 Å². The molecule has 2 aromatic carbocycles. The summed E-state index contributed by atoms with van der Waals surface area (Å²) in [4.78, 5) is 28.2. The third-order valence-corrected chi connectivity index (χ3v) is 7.59. The first-order valence-electron chi connectivity index (χ1n) is 11.2. The molecule has 0 spiro atoms. The number of pyridine rings is 1. The molecule has 2 N–H and O–H groups in total. The second-order valence-electron chi connectivity index (χ2n) is 8.14. The van der Waals surface area contributed by atoms with Gasteiger partial charge < -0.3 is 15.0 Å². The lowest BCUT2D eigenvalue weighted by atomic mass is 10.1. The number of aromatic amines is 1. The van der Waals surface area contributed by atoms with Crippen LogP contribution in [0.2, 0.25) is 0 Å². The quantitative estimate of drug-likeness (QED) is 0.534. The molecule has 1 aliphatic rings. The summed E-state index contributed by atoms with van der Waals surface area (Å²) in [6.07, 6.45) is 1.61. The standard InChI is InChI=1S/C25H27N3O5S/c1-3-33-22-12-9-19(16-23(22)34(31,32)28-13-4-5-14-28)26-24(29)20-10-11-21(27-25(20)30)18-8-6-7-17(2)15-18/h6-12,15-16H,3-5,13-14H2,1-2H3,(H,26,29)(H,27,30). The maximum Gasteiger partial charge on any atom is 0.261 e. The number of anilines is 1. The summed E-state index contributed by atoms with van der Waals surface area (Å²) in [5, 5.41) is 2.64. The van der Waals surface area contributed by atoms with Gasteiger partial charge in [-0.2, -0.15) is 4.31 Å². The fourth-order valence-corrected chi connectivity index (χ4v) is 5.64. The van der Waals surface area contributed by atoms with Gasteiger partial charge in [0.05, 0.1) is 6.61 Å². The molecule has 34 heavy (non-hydrogen) atoms. The lowest BCUT2D eigenvalue weighted by molar-refractivity contribution is 0.102. The Balaban J connectivity index is 1.61. The number of sulfonamides is 1. The molecule has 0 aliphatic carbocycles. The van der Waals surface area contributed by atoms with Gasteiger partial charge in [0.15, 0.2) is 0 Å². The molecule has 0 atom stereocenters. The van der Waals surface area contributed by atoms with Crippen molar-refractivity contribution in [1.82, 2.24) is 9.29 Å². The molecule has 8 nitrogen and oxygen atoms in total. The lowest BCUT2D eigenvalue weighted by Gasteiger charge is -2.19. The van der Waals surface area contributed by atoms with Crippen LogP contribution in [0.5, 0.6) is 5.75 Å². The van der Waals surface area contributed by atoms with Crippen LogP contribution < -0.4 is 15.6 Å². The Hall–Kier alpha value is -3.43. The first-order chi connectivity index (χ1) is 16.3. The smallest absolute Gasteiger partial charge is 0.261 e. The van der Waals surface area contributed by atoms with Crippen LogP contribution >= 0.6 is 0 Å². The van der Waals surface area contributed by atoms with Gasteiger partial charge in [-0.3, -0.25) is 9.59 Å². The highest BCUT2D eigenvalue weighted by molar-refractivity contribution is 7.89. The van der Waals surface area contributed by atoms with Crippen molar-refractivity contribution in [2.45, 2.75) is 31.6 Å². The minimum Gasteiger partial charge on any atom is -0.492 e. The fourth-order valence-electron chi connectivity index (χ4n) is 3.96. The number of carbonyl (C=O) groups is 1.